The monoisotopic (exact) mass is 998 g/mol. The molecule has 0 radical (unpaired) electrons. The van der Waals surface area contributed by atoms with Crippen molar-refractivity contribution in [3.63, 3.8) is 0 Å². The first kappa shape index (κ1) is 45.2. The van der Waals surface area contributed by atoms with Crippen molar-refractivity contribution in [2.45, 2.75) is 63.2 Å². The van der Waals surface area contributed by atoms with E-state index in [1.165, 1.54) is 128 Å². The lowest BCUT2D eigenvalue weighted by atomic mass is 9.69. The van der Waals surface area contributed by atoms with E-state index in [9.17, 15) is 0 Å². The third-order valence-corrected chi connectivity index (χ3v) is 19.0. The molecule has 0 bridgehead atoms. The first-order chi connectivity index (χ1) is 38.0. The molecule has 78 heavy (non-hydrogen) atoms. The van der Waals surface area contributed by atoms with Gasteiger partial charge in [0.25, 0.3) is 0 Å². The van der Waals surface area contributed by atoms with Gasteiger partial charge in [0, 0.05) is 50.0 Å². The molecule has 372 valence electrons. The van der Waals surface area contributed by atoms with Crippen LogP contribution in [0.25, 0.3) is 55.6 Å². The highest BCUT2D eigenvalue weighted by atomic mass is 15.2. The predicted molar refractivity (Wildman–Crippen MR) is 325 cm³/mol. The van der Waals surface area contributed by atoms with E-state index < -0.39 is 5.41 Å². The van der Waals surface area contributed by atoms with Gasteiger partial charge in [-0.3, -0.25) is 0 Å². The lowest BCUT2D eigenvalue weighted by molar-refractivity contribution is 0.659. The molecule has 5 aliphatic rings. The van der Waals surface area contributed by atoms with E-state index in [0.29, 0.717) is 0 Å². The number of anilines is 6. The van der Waals surface area contributed by atoms with Gasteiger partial charge in [-0.15, -0.1) is 0 Å². The van der Waals surface area contributed by atoms with Crippen LogP contribution < -0.4 is 9.80 Å². The molecule has 0 atom stereocenters. The van der Waals surface area contributed by atoms with Crippen LogP contribution in [-0.4, -0.2) is 0 Å². The van der Waals surface area contributed by atoms with E-state index in [2.05, 4.69) is 294 Å². The summed E-state index contributed by atoms with van der Waals surface area (Å²) < 4.78 is 0. The van der Waals surface area contributed by atoms with Crippen LogP contribution in [0, 0.1) is 0 Å². The van der Waals surface area contributed by atoms with Gasteiger partial charge in [0.2, 0.25) is 0 Å². The van der Waals surface area contributed by atoms with Gasteiger partial charge >= 0.3 is 0 Å². The van der Waals surface area contributed by atoms with Crippen LogP contribution in [0.1, 0.15) is 97.2 Å². The molecule has 0 aliphatic heterocycles. The second kappa shape index (κ2) is 15.8. The fourth-order valence-corrected chi connectivity index (χ4v) is 15.7. The van der Waals surface area contributed by atoms with Crippen molar-refractivity contribution in [2.75, 3.05) is 9.80 Å². The Balaban J connectivity index is 1.07. The Bertz CT molecular complexity index is 4320. The van der Waals surface area contributed by atoms with Crippen molar-refractivity contribution >= 4 is 34.1 Å². The van der Waals surface area contributed by atoms with Crippen molar-refractivity contribution in [1.29, 1.82) is 0 Å². The number of nitrogens with zero attached hydrogens (tertiary/aromatic N) is 2. The molecule has 2 heteroatoms. The highest BCUT2D eigenvalue weighted by Gasteiger charge is 2.55. The molecule has 16 rings (SSSR count). The van der Waals surface area contributed by atoms with Gasteiger partial charge in [-0.25, -0.2) is 0 Å². The lowest BCUT2D eigenvalue weighted by Crippen LogP contribution is -2.27. The van der Waals surface area contributed by atoms with Crippen LogP contribution >= 0.6 is 0 Å². The van der Waals surface area contributed by atoms with Crippen molar-refractivity contribution < 1.29 is 0 Å². The second-order valence-corrected chi connectivity index (χ2v) is 23.9. The van der Waals surface area contributed by atoms with Gasteiger partial charge in [0.1, 0.15) is 0 Å². The molecule has 0 amide bonds. The average molecular weight is 999 g/mol. The minimum Gasteiger partial charge on any atom is -0.310 e. The third kappa shape index (κ3) is 5.67. The largest absolute Gasteiger partial charge is 0.310 e. The summed E-state index contributed by atoms with van der Waals surface area (Å²) in [5.41, 5.74) is 32.0. The summed E-state index contributed by atoms with van der Waals surface area (Å²) in [7, 11) is 0. The maximum absolute atomic E-state index is 2.69. The molecule has 1 spiro atoms. The molecular weight excluding hydrogens is 941 g/mol. The van der Waals surface area contributed by atoms with Gasteiger partial charge in [0.15, 0.2) is 0 Å². The number of hydrogen-bond acceptors (Lipinski definition) is 2. The summed E-state index contributed by atoms with van der Waals surface area (Å²) in [6.45, 7) is 14.5. The highest BCUT2D eigenvalue weighted by molar-refractivity contribution is 6.09. The van der Waals surface area contributed by atoms with E-state index in [1.54, 1.807) is 0 Å². The normalized spacial score (nSPS) is 15.7. The second-order valence-electron chi connectivity index (χ2n) is 23.9. The zero-order chi connectivity index (χ0) is 52.5. The highest BCUT2D eigenvalue weighted by Crippen LogP contribution is 2.70. The van der Waals surface area contributed by atoms with Crippen LogP contribution in [0.2, 0.25) is 0 Å². The molecule has 2 nitrogen and oxygen atoms in total. The minimum atomic E-state index is -0.676. The summed E-state index contributed by atoms with van der Waals surface area (Å²) in [6.07, 6.45) is 0. The molecule has 11 aromatic rings. The van der Waals surface area contributed by atoms with E-state index in [1.807, 2.05) is 0 Å². The summed E-state index contributed by atoms with van der Waals surface area (Å²) in [5.74, 6) is 0. The van der Waals surface area contributed by atoms with E-state index in [0.717, 1.165) is 17.1 Å². The Morgan fingerprint density at radius 2 is 0.641 bits per heavy atom. The first-order valence-electron chi connectivity index (χ1n) is 27.9. The van der Waals surface area contributed by atoms with Crippen LogP contribution in [0.4, 0.5) is 34.1 Å². The van der Waals surface area contributed by atoms with Gasteiger partial charge in [-0.2, -0.15) is 0 Å². The molecule has 0 heterocycles. The Labute approximate surface area is 458 Å². The van der Waals surface area contributed by atoms with Crippen molar-refractivity contribution in [3.05, 3.63) is 298 Å². The third-order valence-electron chi connectivity index (χ3n) is 19.0. The smallest absolute Gasteiger partial charge is 0.0727 e. The predicted octanol–water partition coefficient (Wildman–Crippen LogP) is 19.9. The van der Waals surface area contributed by atoms with E-state index >= 15 is 0 Å². The Morgan fingerprint density at radius 1 is 0.244 bits per heavy atom. The number of rotatable bonds is 6. The maximum Gasteiger partial charge on any atom is 0.0727 e. The van der Waals surface area contributed by atoms with Crippen molar-refractivity contribution in [2.24, 2.45) is 0 Å². The molecule has 0 unspecified atom stereocenters. The quantitative estimate of drug-likeness (QED) is 0.164. The molecule has 11 aromatic carbocycles. The van der Waals surface area contributed by atoms with Crippen LogP contribution in [0.5, 0.6) is 0 Å². The molecule has 0 N–H and O–H groups in total. The molecule has 0 saturated carbocycles. The Morgan fingerprint density at radius 3 is 1.17 bits per heavy atom. The van der Waals surface area contributed by atoms with E-state index in [-0.39, 0.29) is 16.2 Å². The summed E-state index contributed by atoms with van der Waals surface area (Å²) in [5, 5.41) is 0. The first-order valence-corrected chi connectivity index (χ1v) is 27.9. The summed E-state index contributed by atoms with van der Waals surface area (Å²) >= 11 is 0. The molecule has 5 aliphatic carbocycles. The van der Waals surface area contributed by atoms with Gasteiger partial charge < -0.3 is 9.80 Å². The molecular formula is C76H58N2. The summed E-state index contributed by atoms with van der Waals surface area (Å²) in [4.78, 5) is 5.23. The summed E-state index contributed by atoms with van der Waals surface area (Å²) in [6, 6.07) is 92.6. The van der Waals surface area contributed by atoms with E-state index in [4.69, 9.17) is 0 Å². The zero-order valence-electron chi connectivity index (χ0n) is 45.0. The molecule has 0 saturated heterocycles. The fraction of sp³-hybridized carbons (Fsp3) is 0.132. The van der Waals surface area contributed by atoms with Crippen molar-refractivity contribution in [3.8, 4) is 55.6 Å². The van der Waals surface area contributed by atoms with Crippen molar-refractivity contribution in [1.82, 2.24) is 0 Å². The maximum atomic E-state index is 2.69. The fourth-order valence-electron chi connectivity index (χ4n) is 15.7. The van der Waals surface area contributed by atoms with Gasteiger partial charge in [-0.1, -0.05) is 230 Å². The van der Waals surface area contributed by atoms with Gasteiger partial charge in [0.05, 0.1) is 22.5 Å². The van der Waals surface area contributed by atoms with Crippen LogP contribution in [-0.2, 0) is 21.7 Å². The molecule has 0 fully saturated rings. The minimum absolute atomic E-state index is 0.157. The van der Waals surface area contributed by atoms with Crippen LogP contribution in [0.15, 0.2) is 243 Å². The Hall–Kier alpha value is -8.98. The SMILES string of the molecule is CC1(C)c2ccccc2-c2c(N(c3ccccc3)c3ccc4c(c3)C3(c5ccccc5-c5ccccc53)c3cc5c(c(N(c6ccccc6)c6cccc7c6-c6ccccc6C7(C)C)c3-4)C(C)(C)c3ccccc3-5)cccc21. The number of fused-ring (bicyclic) bond motifs is 19. The number of benzene rings is 11. The van der Waals surface area contributed by atoms with Gasteiger partial charge in [-0.05, 0) is 149 Å². The number of hydrogen-bond donors (Lipinski definition) is 0. The number of para-hydroxylation sites is 2. The zero-order valence-corrected chi connectivity index (χ0v) is 45.0. The average Bonchev–Trinajstić information content (AvgIpc) is 2.14. The molecule has 0 aromatic heterocycles. The standard InChI is InChI=1S/C76H58N2/c1-73(2)58-35-19-16-32-53(58)68-62(73)39-23-41-66(68)77(47-25-9-7-10-26-47)49-43-44-55-64(45-49)76(60-37-21-14-29-50(60)51-30-15-22-38-61(51)76)65-46-56-52-31-13-18-34-57(52)75(5,6)71(56)72(70(55)65)78(48-27-11-8-12-28-48)67-42-24-40-63-69(67)54-33-17-20-36-59(54)74(63,3)4/h7-46H,1-6H3. The topological polar surface area (TPSA) is 6.48 Å². The Kier molecular flexibility index (Phi) is 9.17. The van der Waals surface area contributed by atoms with Crippen LogP contribution in [0.3, 0.4) is 0 Å². The lowest BCUT2D eigenvalue weighted by Gasteiger charge is -2.37.